The SMILES string of the molecule is COc1ccc(Cc2nnnn2CC(C)(C)C(=O)O)cc1. The molecular weight excluding hydrogens is 272 g/mol. The van der Waals surface area contributed by atoms with E-state index in [4.69, 9.17) is 4.74 Å². The average molecular weight is 290 g/mol. The second-order valence-electron chi connectivity index (χ2n) is 5.47. The Morgan fingerprint density at radius 2 is 2.00 bits per heavy atom. The molecule has 112 valence electrons. The molecule has 7 nitrogen and oxygen atoms in total. The van der Waals surface area contributed by atoms with E-state index in [-0.39, 0.29) is 6.54 Å². The number of aromatic nitrogens is 4. The molecule has 1 N–H and O–H groups in total. The van der Waals surface area contributed by atoms with Crippen molar-refractivity contribution in [1.29, 1.82) is 0 Å². The highest BCUT2D eigenvalue weighted by molar-refractivity contribution is 5.73. The molecule has 0 bridgehead atoms. The Hall–Kier alpha value is -2.44. The van der Waals surface area contributed by atoms with Gasteiger partial charge in [0.25, 0.3) is 0 Å². The number of rotatable bonds is 6. The number of hydrogen-bond acceptors (Lipinski definition) is 5. The number of ether oxygens (including phenoxy) is 1. The summed E-state index contributed by atoms with van der Waals surface area (Å²) in [5.41, 5.74) is 0.101. The zero-order valence-electron chi connectivity index (χ0n) is 12.3. The van der Waals surface area contributed by atoms with Gasteiger partial charge in [-0.05, 0) is 42.0 Å². The summed E-state index contributed by atoms with van der Waals surface area (Å²) in [6, 6.07) is 7.59. The molecule has 0 aliphatic rings. The first-order chi connectivity index (χ1) is 9.92. The second-order valence-corrected chi connectivity index (χ2v) is 5.47. The normalized spacial score (nSPS) is 11.4. The van der Waals surface area contributed by atoms with Gasteiger partial charge in [0.1, 0.15) is 5.75 Å². The first-order valence-corrected chi connectivity index (χ1v) is 6.54. The number of carbonyl (C=O) groups is 1. The molecule has 0 unspecified atom stereocenters. The third-order valence-corrected chi connectivity index (χ3v) is 3.25. The molecule has 1 aromatic carbocycles. The van der Waals surface area contributed by atoms with Gasteiger partial charge < -0.3 is 9.84 Å². The summed E-state index contributed by atoms with van der Waals surface area (Å²) in [5, 5.41) is 20.7. The van der Waals surface area contributed by atoms with E-state index >= 15 is 0 Å². The van der Waals surface area contributed by atoms with Crippen molar-refractivity contribution in [2.75, 3.05) is 7.11 Å². The summed E-state index contributed by atoms with van der Waals surface area (Å²) in [6.07, 6.45) is 0.534. The maximum atomic E-state index is 11.2. The van der Waals surface area contributed by atoms with E-state index in [0.717, 1.165) is 11.3 Å². The van der Waals surface area contributed by atoms with Gasteiger partial charge in [-0.15, -0.1) is 5.10 Å². The molecule has 2 aromatic rings. The van der Waals surface area contributed by atoms with Gasteiger partial charge in [-0.1, -0.05) is 12.1 Å². The van der Waals surface area contributed by atoms with Crippen molar-refractivity contribution in [3.8, 4) is 5.75 Å². The van der Waals surface area contributed by atoms with E-state index in [1.54, 1.807) is 25.6 Å². The number of hydrogen-bond donors (Lipinski definition) is 1. The van der Waals surface area contributed by atoms with Gasteiger partial charge in [-0.2, -0.15) is 0 Å². The van der Waals surface area contributed by atoms with Gasteiger partial charge in [-0.25, -0.2) is 4.68 Å². The standard InChI is InChI=1S/C14H18N4O3/c1-14(2,13(19)20)9-18-12(15-16-17-18)8-10-4-6-11(21-3)7-5-10/h4-7H,8-9H2,1-3H3,(H,19,20). The molecule has 0 atom stereocenters. The Bertz CT molecular complexity index is 619. The minimum absolute atomic E-state index is 0.223. The van der Waals surface area contributed by atoms with Crippen LogP contribution in [0.5, 0.6) is 5.75 Å². The number of methoxy groups -OCH3 is 1. The molecule has 0 fully saturated rings. The lowest BCUT2D eigenvalue weighted by Gasteiger charge is -2.19. The molecule has 21 heavy (non-hydrogen) atoms. The highest BCUT2D eigenvalue weighted by atomic mass is 16.5. The van der Waals surface area contributed by atoms with Gasteiger partial charge in [-0.3, -0.25) is 4.79 Å². The third-order valence-electron chi connectivity index (χ3n) is 3.25. The van der Waals surface area contributed by atoms with Crippen molar-refractivity contribution in [2.24, 2.45) is 5.41 Å². The first-order valence-electron chi connectivity index (χ1n) is 6.54. The van der Waals surface area contributed by atoms with Gasteiger partial charge in [0.15, 0.2) is 5.82 Å². The maximum Gasteiger partial charge on any atom is 0.310 e. The summed E-state index contributed by atoms with van der Waals surface area (Å²) in [7, 11) is 1.61. The second kappa shape index (κ2) is 5.90. The summed E-state index contributed by atoms with van der Waals surface area (Å²) in [4.78, 5) is 11.2. The molecule has 2 rings (SSSR count). The van der Waals surface area contributed by atoms with Gasteiger partial charge in [0, 0.05) is 6.42 Å². The highest BCUT2D eigenvalue weighted by Crippen LogP contribution is 2.19. The van der Waals surface area contributed by atoms with Crippen molar-refractivity contribution < 1.29 is 14.6 Å². The molecule has 0 aliphatic heterocycles. The predicted octanol–water partition coefficient (Wildman–Crippen LogP) is 1.38. The monoisotopic (exact) mass is 290 g/mol. The number of aliphatic carboxylic acids is 1. The molecule has 0 saturated heterocycles. The Morgan fingerprint density at radius 3 is 2.57 bits per heavy atom. The molecule has 0 amide bonds. The molecule has 0 spiro atoms. The summed E-state index contributed by atoms with van der Waals surface area (Å²) in [6.45, 7) is 3.52. The fourth-order valence-corrected chi connectivity index (χ4v) is 1.84. The van der Waals surface area contributed by atoms with Gasteiger partial charge >= 0.3 is 5.97 Å². The Morgan fingerprint density at radius 1 is 1.33 bits per heavy atom. The zero-order chi connectivity index (χ0) is 15.5. The quantitative estimate of drug-likeness (QED) is 0.864. The lowest BCUT2D eigenvalue weighted by Crippen LogP contribution is -2.30. The summed E-state index contributed by atoms with van der Waals surface area (Å²) in [5.74, 6) is 0.535. The molecule has 0 saturated carbocycles. The Kier molecular flexibility index (Phi) is 4.21. The summed E-state index contributed by atoms with van der Waals surface area (Å²) < 4.78 is 6.65. The number of benzene rings is 1. The molecule has 0 radical (unpaired) electrons. The van der Waals surface area contributed by atoms with Crippen molar-refractivity contribution in [2.45, 2.75) is 26.8 Å². The lowest BCUT2D eigenvalue weighted by atomic mass is 9.94. The lowest BCUT2D eigenvalue weighted by molar-refractivity contribution is -0.147. The molecular formula is C14H18N4O3. The average Bonchev–Trinajstić information content (AvgIpc) is 2.86. The van der Waals surface area contributed by atoms with E-state index in [1.807, 2.05) is 24.3 Å². The zero-order valence-corrected chi connectivity index (χ0v) is 12.3. The van der Waals surface area contributed by atoms with Gasteiger partial charge in [0.2, 0.25) is 0 Å². The fourth-order valence-electron chi connectivity index (χ4n) is 1.84. The Labute approximate surface area is 122 Å². The smallest absolute Gasteiger partial charge is 0.310 e. The van der Waals surface area contributed by atoms with Crippen LogP contribution in [0.1, 0.15) is 25.2 Å². The van der Waals surface area contributed by atoms with E-state index in [1.165, 1.54) is 0 Å². The van der Waals surface area contributed by atoms with E-state index in [2.05, 4.69) is 15.5 Å². The minimum atomic E-state index is -0.927. The number of carboxylic acid groups (broad SMARTS) is 1. The van der Waals surface area contributed by atoms with Crippen LogP contribution in [-0.2, 0) is 17.8 Å². The van der Waals surface area contributed by atoms with Crippen LogP contribution in [0.25, 0.3) is 0 Å². The van der Waals surface area contributed by atoms with E-state index in [9.17, 15) is 9.90 Å². The topological polar surface area (TPSA) is 90.1 Å². The van der Waals surface area contributed by atoms with E-state index in [0.29, 0.717) is 12.2 Å². The van der Waals surface area contributed by atoms with Crippen molar-refractivity contribution in [3.63, 3.8) is 0 Å². The highest BCUT2D eigenvalue weighted by Gasteiger charge is 2.29. The number of nitrogens with zero attached hydrogens (tertiary/aromatic N) is 4. The van der Waals surface area contributed by atoms with Crippen LogP contribution in [-0.4, -0.2) is 38.4 Å². The Balaban J connectivity index is 2.14. The molecule has 7 heteroatoms. The van der Waals surface area contributed by atoms with Crippen molar-refractivity contribution in [1.82, 2.24) is 20.2 Å². The van der Waals surface area contributed by atoms with Crippen LogP contribution >= 0.6 is 0 Å². The van der Waals surface area contributed by atoms with Crippen LogP contribution in [0, 0.1) is 5.41 Å². The predicted molar refractivity (Wildman–Crippen MR) is 75.0 cm³/mol. The maximum absolute atomic E-state index is 11.2. The molecule has 0 aliphatic carbocycles. The third kappa shape index (κ3) is 3.56. The van der Waals surface area contributed by atoms with Crippen LogP contribution in [0.15, 0.2) is 24.3 Å². The summed E-state index contributed by atoms with van der Waals surface area (Å²) >= 11 is 0. The van der Waals surface area contributed by atoms with Crippen LogP contribution in [0.4, 0.5) is 0 Å². The largest absolute Gasteiger partial charge is 0.497 e. The van der Waals surface area contributed by atoms with E-state index < -0.39 is 11.4 Å². The molecule has 1 aromatic heterocycles. The van der Waals surface area contributed by atoms with Crippen molar-refractivity contribution >= 4 is 5.97 Å². The van der Waals surface area contributed by atoms with Crippen LogP contribution in [0.2, 0.25) is 0 Å². The number of carboxylic acids is 1. The van der Waals surface area contributed by atoms with Crippen molar-refractivity contribution in [3.05, 3.63) is 35.7 Å². The van der Waals surface area contributed by atoms with Crippen LogP contribution in [0.3, 0.4) is 0 Å². The van der Waals surface area contributed by atoms with Gasteiger partial charge in [0.05, 0.1) is 19.1 Å². The number of tetrazole rings is 1. The fraction of sp³-hybridized carbons (Fsp3) is 0.429. The van der Waals surface area contributed by atoms with Crippen LogP contribution < -0.4 is 4.74 Å². The minimum Gasteiger partial charge on any atom is -0.497 e. The first kappa shape index (κ1) is 15.0. The molecule has 1 heterocycles.